The van der Waals surface area contributed by atoms with Crippen LogP contribution in [0.3, 0.4) is 0 Å². The number of aromatic nitrogens is 4. The highest BCUT2D eigenvalue weighted by Crippen LogP contribution is 2.30. The van der Waals surface area contributed by atoms with Crippen LogP contribution in [0, 0.1) is 5.82 Å². The molecule has 0 radical (unpaired) electrons. The van der Waals surface area contributed by atoms with E-state index in [4.69, 9.17) is 31.0 Å². The summed E-state index contributed by atoms with van der Waals surface area (Å²) < 4.78 is 28.7. The van der Waals surface area contributed by atoms with E-state index in [0.717, 1.165) is 79.2 Å². The van der Waals surface area contributed by atoms with Gasteiger partial charge >= 0.3 is 0 Å². The topological polar surface area (TPSA) is 65.3 Å². The molecule has 0 N–H and O–H groups in total. The minimum Gasteiger partial charge on any atom is -0.473 e. The summed E-state index contributed by atoms with van der Waals surface area (Å²) in [5.41, 5.74) is 3.47. The van der Waals surface area contributed by atoms with E-state index in [1.165, 1.54) is 6.07 Å². The zero-order valence-corrected chi connectivity index (χ0v) is 23.2. The lowest BCUT2D eigenvalue weighted by Crippen LogP contribution is -2.35. The molecule has 2 aliphatic heterocycles. The molecule has 7 nitrogen and oxygen atoms in total. The van der Waals surface area contributed by atoms with Crippen LogP contribution in [0.5, 0.6) is 5.88 Å². The van der Waals surface area contributed by atoms with Crippen LogP contribution >= 0.6 is 27.5 Å². The molecule has 38 heavy (non-hydrogen) atoms. The molecule has 0 aliphatic carbocycles. The quantitative estimate of drug-likeness (QED) is 0.227. The molecule has 2 saturated heterocycles. The number of imidazole rings is 1. The number of nitrogens with zero attached hydrogens (tertiary/aromatic N) is 5. The van der Waals surface area contributed by atoms with Crippen molar-refractivity contribution in [1.82, 2.24) is 24.4 Å². The van der Waals surface area contributed by atoms with E-state index in [9.17, 15) is 4.39 Å². The molecule has 6 rings (SSSR count). The van der Waals surface area contributed by atoms with Crippen molar-refractivity contribution in [3.63, 3.8) is 0 Å². The third kappa shape index (κ3) is 5.71. The van der Waals surface area contributed by atoms with Crippen molar-refractivity contribution in [2.24, 2.45) is 0 Å². The number of halogens is 3. The summed E-state index contributed by atoms with van der Waals surface area (Å²) in [5.74, 6) is 1.53. The lowest BCUT2D eigenvalue weighted by Gasteiger charge is -2.32. The Morgan fingerprint density at radius 2 is 1.95 bits per heavy atom. The molecule has 2 fully saturated rings. The monoisotopic (exact) mass is 599 g/mol. The van der Waals surface area contributed by atoms with E-state index in [2.05, 4.69) is 36.4 Å². The van der Waals surface area contributed by atoms with Crippen molar-refractivity contribution in [2.75, 3.05) is 19.7 Å². The Hall–Kier alpha value is -2.59. The summed E-state index contributed by atoms with van der Waals surface area (Å²) in [6.07, 6.45) is 5.22. The average molecular weight is 601 g/mol. The molecule has 0 spiro atoms. The fourth-order valence-corrected chi connectivity index (χ4v) is 5.60. The normalized spacial score (nSPS) is 18.6. The van der Waals surface area contributed by atoms with E-state index in [1.807, 2.05) is 24.4 Å². The van der Waals surface area contributed by atoms with Crippen molar-refractivity contribution in [1.29, 1.82) is 0 Å². The molecule has 1 aromatic carbocycles. The van der Waals surface area contributed by atoms with Gasteiger partial charge in [-0.1, -0.05) is 23.7 Å². The molecule has 0 bridgehead atoms. The first-order chi connectivity index (χ1) is 18.5. The third-order valence-electron chi connectivity index (χ3n) is 7.37. The number of ether oxygens (including phenoxy) is 2. The first-order valence-corrected chi connectivity index (χ1v) is 14.1. The number of hydrogen-bond donors (Lipinski definition) is 0. The Kier molecular flexibility index (Phi) is 7.61. The molecule has 0 unspecified atom stereocenters. The summed E-state index contributed by atoms with van der Waals surface area (Å²) in [7, 11) is 0. The Balaban J connectivity index is 1.09. The fraction of sp³-hybridized carbons (Fsp3) is 0.393. The highest BCUT2D eigenvalue weighted by Gasteiger charge is 2.26. The zero-order chi connectivity index (χ0) is 26.1. The highest BCUT2D eigenvalue weighted by molar-refractivity contribution is 9.10. The summed E-state index contributed by atoms with van der Waals surface area (Å²) >= 11 is 9.32. The molecular formula is C28H28BrClFN5O2. The smallest absolute Gasteiger partial charge is 0.213 e. The standard InChI is InChI=1S/C28H28BrClFN5O2/c29-26-13-24-25(14-32-26)36(15-21-8-11-37-21)27(33-24)16-35-9-6-18(7-10-35)23-2-1-3-28(34-23)38-17-19-4-5-20(30)12-22(19)31/h1-5,12-14,18,21H,6-11,15-17H2/t21-/m0/s1. The Morgan fingerprint density at radius 3 is 2.71 bits per heavy atom. The predicted molar refractivity (Wildman–Crippen MR) is 147 cm³/mol. The summed E-state index contributed by atoms with van der Waals surface area (Å²) in [6.45, 7) is 4.45. The maximum atomic E-state index is 14.1. The molecule has 0 amide bonds. The van der Waals surface area contributed by atoms with Gasteiger partial charge in [0, 0.05) is 34.9 Å². The molecule has 198 valence electrons. The van der Waals surface area contributed by atoms with Gasteiger partial charge in [-0.15, -0.1) is 0 Å². The number of rotatable bonds is 8. The SMILES string of the molecule is Fc1cc(Cl)ccc1COc1cccc(C2CCN(Cc3nc4cc(Br)ncc4n3C[C@@H]3CCO3)CC2)n1. The molecule has 5 heterocycles. The van der Waals surface area contributed by atoms with Gasteiger partial charge < -0.3 is 14.0 Å². The maximum Gasteiger partial charge on any atom is 0.213 e. The lowest BCUT2D eigenvalue weighted by atomic mass is 9.93. The lowest BCUT2D eigenvalue weighted by molar-refractivity contribution is -0.0592. The molecule has 10 heteroatoms. The maximum absolute atomic E-state index is 14.1. The number of hydrogen-bond acceptors (Lipinski definition) is 6. The van der Waals surface area contributed by atoms with Crippen molar-refractivity contribution in [2.45, 2.75) is 51.0 Å². The van der Waals surface area contributed by atoms with Crippen LogP contribution < -0.4 is 4.74 Å². The number of fused-ring (bicyclic) bond motifs is 1. The van der Waals surface area contributed by atoms with E-state index in [-0.39, 0.29) is 18.5 Å². The second-order valence-corrected chi connectivity index (χ2v) is 11.1. The highest BCUT2D eigenvalue weighted by atomic mass is 79.9. The van der Waals surface area contributed by atoms with Crippen molar-refractivity contribution in [3.8, 4) is 5.88 Å². The second kappa shape index (κ2) is 11.3. The van der Waals surface area contributed by atoms with Gasteiger partial charge in [-0.05, 0) is 72.5 Å². The van der Waals surface area contributed by atoms with Crippen LogP contribution in [0.2, 0.25) is 5.02 Å². The van der Waals surface area contributed by atoms with Gasteiger partial charge in [0.25, 0.3) is 0 Å². The van der Waals surface area contributed by atoms with E-state index >= 15 is 0 Å². The third-order valence-corrected chi connectivity index (χ3v) is 8.04. The van der Waals surface area contributed by atoms with E-state index in [0.29, 0.717) is 22.4 Å². The number of likely N-dealkylation sites (tertiary alicyclic amines) is 1. The van der Waals surface area contributed by atoms with Gasteiger partial charge in [-0.2, -0.15) is 0 Å². The Labute approximate surface area is 234 Å². The zero-order valence-electron chi connectivity index (χ0n) is 20.8. The van der Waals surface area contributed by atoms with E-state index in [1.54, 1.807) is 12.1 Å². The minimum absolute atomic E-state index is 0.108. The van der Waals surface area contributed by atoms with Crippen LogP contribution in [0.1, 0.15) is 42.3 Å². The summed E-state index contributed by atoms with van der Waals surface area (Å²) in [4.78, 5) is 16.6. The fourth-order valence-electron chi connectivity index (χ4n) is 5.12. The van der Waals surface area contributed by atoms with Gasteiger partial charge in [0.05, 0.1) is 36.4 Å². The van der Waals surface area contributed by atoms with Crippen molar-refractivity contribution in [3.05, 3.63) is 81.2 Å². The first kappa shape index (κ1) is 25.7. The Morgan fingerprint density at radius 1 is 1.11 bits per heavy atom. The molecular weight excluding hydrogens is 573 g/mol. The summed E-state index contributed by atoms with van der Waals surface area (Å²) in [6, 6.07) is 12.4. The predicted octanol–water partition coefficient (Wildman–Crippen LogP) is 6.13. The largest absolute Gasteiger partial charge is 0.473 e. The molecule has 3 aromatic heterocycles. The summed E-state index contributed by atoms with van der Waals surface area (Å²) in [5, 5.41) is 0.368. The van der Waals surface area contributed by atoms with Gasteiger partial charge in [0.1, 0.15) is 22.9 Å². The molecule has 1 atom stereocenters. The Bertz CT molecular complexity index is 1440. The van der Waals surface area contributed by atoms with Crippen LogP contribution in [-0.4, -0.2) is 50.2 Å². The first-order valence-electron chi connectivity index (χ1n) is 12.9. The van der Waals surface area contributed by atoms with Crippen molar-refractivity contribution >= 4 is 38.6 Å². The minimum atomic E-state index is -0.376. The van der Waals surface area contributed by atoms with Gasteiger partial charge in [-0.25, -0.2) is 19.3 Å². The van der Waals surface area contributed by atoms with Gasteiger partial charge in [0.2, 0.25) is 5.88 Å². The number of piperidine rings is 1. The second-order valence-electron chi connectivity index (χ2n) is 9.89. The molecule has 2 aliphatic rings. The van der Waals surface area contributed by atoms with Crippen LogP contribution in [-0.2, 0) is 24.4 Å². The number of benzene rings is 1. The molecule has 0 saturated carbocycles. The average Bonchev–Trinajstić information content (AvgIpc) is 3.22. The van der Waals surface area contributed by atoms with Crippen LogP contribution in [0.15, 0.2) is 53.3 Å². The van der Waals surface area contributed by atoms with E-state index < -0.39 is 0 Å². The molecule has 4 aromatic rings. The van der Waals surface area contributed by atoms with Crippen LogP contribution in [0.4, 0.5) is 4.39 Å². The van der Waals surface area contributed by atoms with Crippen LogP contribution in [0.25, 0.3) is 11.0 Å². The van der Waals surface area contributed by atoms with Crippen molar-refractivity contribution < 1.29 is 13.9 Å². The van der Waals surface area contributed by atoms with Gasteiger partial charge in [-0.3, -0.25) is 4.90 Å². The number of pyridine rings is 2. The van der Waals surface area contributed by atoms with Gasteiger partial charge in [0.15, 0.2) is 0 Å².